The van der Waals surface area contributed by atoms with E-state index in [4.69, 9.17) is 0 Å². The minimum absolute atomic E-state index is 0.416. The lowest BCUT2D eigenvalue weighted by Crippen LogP contribution is -2.59. The highest BCUT2D eigenvalue weighted by molar-refractivity contribution is 5.54. The van der Waals surface area contributed by atoms with Crippen LogP contribution in [0.2, 0.25) is 0 Å². The predicted octanol–water partition coefficient (Wildman–Crippen LogP) is 2.97. The number of hydrogen-bond acceptors (Lipinski definition) is 2. The first kappa shape index (κ1) is 12.0. The van der Waals surface area contributed by atoms with Crippen molar-refractivity contribution < 1.29 is 0 Å². The van der Waals surface area contributed by atoms with Gasteiger partial charge in [0.1, 0.15) is 0 Å². The lowest BCUT2D eigenvalue weighted by atomic mass is 9.93. The van der Waals surface area contributed by atoms with Gasteiger partial charge in [-0.1, -0.05) is 38.0 Å². The van der Waals surface area contributed by atoms with Gasteiger partial charge in [-0.05, 0) is 30.9 Å². The van der Waals surface area contributed by atoms with E-state index in [-0.39, 0.29) is 0 Å². The van der Waals surface area contributed by atoms with Crippen molar-refractivity contribution in [2.24, 2.45) is 0 Å². The average Bonchev–Trinajstić information content (AvgIpc) is 2.86. The summed E-state index contributed by atoms with van der Waals surface area (Å²) in [5.74, 6) is 0. The van der Waals surface area contributed by atoms with Crippen molar-refractivity contribution in [1.29, 1.82) is 0 Å². The minimum Gasteiger partial charge on any atom is -0.368 e. The topological polar surface area (TPSA) is 15.3 Å². The van der Waals surface area contributed by atoms with Crippen LogP contribution in [-0.4, -0.2) is 25.2 Å². The van der Waals surface area contributed by atoms with Gasteiger partial charge < -0.3 is 10.2 Å². The third-order valence-corrected chi connectivity index (χ3v) is 4.65. The van der Waals surface area contributed by atoms with Crippen LogP contribution >= 0.6 is 0 Å². The van der Waals surface area contributed by atoms with Crippen molar-refractivity contribution in [3.8, 4) is 0 Å². The third kappa shape index (κ3) is 2.14. The van der Waals surface area contributed by atoms with E-state index < -0.39 is 0 Å². The number of hydrogen-bond donors (Lipinski definition) is 1. The molecule has 1 saturated carbocycles. The van der Waals surface area contributed by atoms with E-state index in [0.29, 0.717) is 5.54 Å². The Kier molecular flexibility index (Phi) is 3.29. The number of nitrogens with zero attached hydrogens (tertiary/aromatic N) is 1. The second-order valence-electron chi connectivity index (χ2n) is 5.82. The summed E-state index contributed by atoms with van der Waals surface area (Å²) in [5, 5.41) is 3.79. The van der Waals surface area contributed by atoms with E-state index >= 15 is 0 Å². The van der Waals surface area contributed by atoms with Crippen LogP contribution in [0.3, 0.4) is 0 Å². The SMILES string of the molecule is CCc1ccccc1N1CCNC2(CCCC2)C1. The maximum atomic E-state index is 3.79. The summed E-state index contributed by atoms with van der Waals surface area (Å²) in [4.78, 5) is 2.61. The molecule has 1 heterocycles. The van der Waals surface area contributed by atoms with E-state index in [9.17, 15) is 0 Å². The van der Waals surface area contributed by atoms with Gasteiger partial charge in [-0.3, -0.25) is 0 Å². The standard InChI is InChI=1S/C16H24N2/c1-2-14-7-3-4-8-15(14)18-12-11-17-16(13-18)9-5-6-10-16/h3-4,7-8,17H,2,5-6,9-13H2,1H3. The zero-order valence-corrected chi connectivity index (χ0v) is 11.4. The Morgan fingerprint density at radius 3 is 2.78 bits per heavy atom. The van der Waals surface area contributed by atoms with Gasteiger partial charge in [0.05, 0.1) is 0 Å². The zero-order chi connectivity index (χ0) is 12.4. The predicted molar refractivity (Wildman–Crippen MR) is 77.2 cm³/mol. The molecule has 1 spiro atoms. The number of aryl methyl sites for hydroxylation is 1. The number of piperazine rings is 1. The van der Waals surface area contributed by atoms with Gasteiger partial charge in [0.25, 0.3) is 0 Å². The van der Waals surface area contributed by atoms with Crippen molar-refractivity contribution >= 4 is 5.69 Å². The molecule has 2 heteroatoms. The van der Waals surface area contributed by atoms with Crippen molar-refractivity contribution in [2.75, 3.05) is 24.5 Å². The lowest BCUT2D eigenvalue weighted by molar-refractivity contribution is 0.303. The van der Waals surface area contributed by atoms with Crippen molar-refractivity contribution in [3.05, 3.63) is 29.8 Å². The molecule has 0 atom stereocenters. The summed E-state index contributed by atoms with van der Waals surface area (Å²) in [5.41, 5.74) is 3.37. The van der Waals surface area contributed by atoms with Crippen LogP contribution in [0.15, 0.2) is 24.3 Å². The highest BCUT2D eigenvalue weighted by atomic mass is 15.2. The van der Waals surface area contributed by atoms with Gasteiger partial charge >= 0.3 is 0 Å². The smallest absolute Gasteiger partial charge is 0.0399 e. The summed E-state index contributed by atoms with van der Waals surface area (Å²) >= 11 is 0. The minimum atomic E-state index is 0.416. The maximum absolute atomic E-state index is 3.79. The molecule has 3 rings (SSSR count). The van der Waals surface area contributed by atoms with E-state index in [2.05, 4.69) is 41.4 Å². The number of para-hydroxylation sites is 1. The fraction of sp³-hybridized carbons (Fsp3) is 0.625. The van der Waals surface area contributed by atoms with E-state index in [0.717, 1.165) is 19.5 Å². The molecule has 0 radical (unpaired) electrons. The quantitative estimate of drug-likeness (QED) is 0.860. The van der Waals surface area contributed by atoms with Gasteiger partial charge in [0.15, 0.2) is 0 Å². The fourth-order valence-electron chi connectivity index (χ4n) is 3.67. The lowest BCUT2D eigenvalue weighted by Gasteiger charge is -2.43. The molecule has 98 valence electrons. The maximum Gasteiger partial charge on any atom is 0.0399 e. The van der Waals surface area contributed by atoms with Crippen molar-refractivity contribution in [2.45, 2.75) is 44.6 Å². The Morgan fingerprint density at radius 1 is 1.22 bits per heavy atom. The highest BCUT2D eigenvalue weighted by Gasteiger charge is 2.37. The van der Waals surface area contributed by atoms with Gasteiger partial charge in [0.2, 0.25) is 0 Å². The summed E-state index contributed by atoms with van der Waals surface area (Å²) < 4.78 is 0. The number of anilines is 1. The Bertz CT molecular complexity index is 407. The van der Waals surface area contributed by atoms with Crippen molar-refractivity contribution in [1.82, 2.24) is 5.32 Å². The van der Waals surface area contributed by atoms with E-state index in [1.807, 2.05) is 0 Å². The molecular formula is C16H24N2. The molecule has 0 unspecified atom stereocenters. The highest BCUT2D eigenvalue weighted by Crippen LogP contribution is 2.34. The molecule has 18 heavy (non-hydrogen) atoms. The van der Waals surface area contributed by atoms with E-state index in [1.54, 1.807) is 0 Å². The third-order valence-electron chi connectivity index (χ3n) is 4.65. The monoisotopic (exact) mass is 244 g/mol. The second-order valence-corrected chi connectivity index (χ2v) is 5.82. The molecule has 0 amide bonds. The summed E-state index contributed by atoms with van der Waals surface area (Å²) in [6.07, 6.45) is 6.65. The molecule has 1 aliphatic carbocycles. The van der Waals surface area contributed by atoms with Gasteiger partial charge in [-0.15, -0.1) is 0 Å². The Balaban J connectivity index is 1.83. The molecule has 1 aliphatic heterocycles. The molecule has 2 fully saturated rings. The fourth-order valence-corrected chi connectivity index (χ4v) is 3.67. The van der Waals surface area contributed by atoms with Crippen LogP contribution in [0, 0.1) is 0 Å². The van der Waals surface area contributed by atoms with Crippen LogP contribution < -0.4 is 10.2 Å². The van der Waals surface area contributed by atoms with Gasteiger partial charge in [0, 0.05) is 30.9 Å². The van der Waals surface area contributed by atoms with Crippen LogP contribution in [0.25, 0.3) is 0 Å². The summed E-state index contributed by atoms with van der Waals surface area (Å²) in [7, 11) is 0. The molecule has 0 bridgehead atoms. The zero-order valence-electron chi connectivity index (χ0n) is 11.4. The first-order valence-corrected chi connectivity index (χ1v) is 7.41. The summed E-state index contributed by atoms with van der Waals surface area (Å²) in [6.45, 7) is 5.74. The number of benzene rings is 1. The van der Waals surface area contributed by atoms with Crippen LogP contribution in [0.1, 0.15) is 38.2 Å². The van der Waals surface area contributed by atoms with Gasteiger partial charge in [-0.2, -0.15) is 0 Å². The number of nitrogens with one attached hydrogen (secondary N) is 1. The average molecular weight is 244 g/mol. The summed E-state index contributed by atoms with van der Waals surface area (Å²) in [6, 6.07) is 8.92. The Labute approximate surface area is 110 Å². The molecule has 2 aliphatic rings. The second kappa shape index (κ2) is 4.93. The van der Waals surface area contributed by atoms with Crippen LogP contribution in [-0.2, 0) is 6.42 Å². The Hall–Kier alpha value is -1.02. The molecule has 1 saturated heterocycles. The molecule has 1 aromatic carbocycles. The molecule has 1 N–H and O–H groups in total. The Morgan fingerprint density at radius 2 is 2.00 bits per heavy atom. The molecular weight excluding hydrogens is 220 g/mol. The number of rotatable bonds is 2. The first-order valence-electron chi connectivity index (χ1n) is 7.41. The van der Waals surface area contributed by atoms with Gasteiger partial charge in [-0.25, -0.2) is 0 Å². The van der Waals surface area contributed by atoms with Crippen LogP contribution in [0.5, 0.6) is 0 Å². The molecule has 0 aromatic heterocycles. The van der Waals surface area contributed by atoms with E-state index in [1.165, 1.54) is 43.5 Å². The van der Waals surface area contributed by atoms with Crippen molar-refractivity contribution in [3.63, 3.8) is 0 Å². The van der Waals surface area contributed by atoms with Crippen LogP contribution in [0.4, 0.5) is 5.69 Å². The molecule has 1 aromatic rings. The first-order chi connectivity index (χ1) is 8.83. The normalized spacial score (nSPS) is 22.6. The molecule has 2 nitrogen and oxygen atoms in total. The largest absolute Gasteiger partial charge is 0.368 e.